The van der Waals surface area contributed by atoms with Gasteiger partial charge in [0.05, 0.1) is 7.11 Å². The lowest BCUT2D eigenvalue weighted by Crippen LogP contribution is -2.19. The van der Waals surface area contributed by atoms with E-state index in [0.29, 0.717) is 0 Å². The fraction of sp³-hybridized carbons (Fsp3) is 0.444. The first-order chi connectivity index (χ1) is 8.28. The number of nitrogens with zero attached hydrogens (tertiary/aromatic N) is 1. The van der Waals surface area contributed by atoms with Crippen molar-refractivity contribution in [2.24, 2.45) is 0 Å². The molecule has 1 aromatic rings. The zero-order valence-corrected chi connectivity index (χ0v) is 9.65. The van der Waals surface area contributed by atoms with Crippen molar-refractivity contribution >= 4 is 11.6 Å². The first kappa shape index (κ1) is 14.7. The minimum atomic E-state index is -5.05. The van der Waals surface area contributed by atoms with Crippen LogP contribution in [0.3, 0.4) is 0 Å². The summed E-state index contributed by atoms with van der Waals surface area (Å²) in [4.78, 5) is 3.10. The van der Waals surface area contributed by atoms with Crippen LogP contribution in [0.4, 0.5) is 22.0 Å². The summed E-state index contributed by atoms with van der Waals surface area (Å²) >= 11 is 5.40. The molecule has 18 heavy (non-hydrogen) atoms. The third kappa shape index (κ3) is 3.59. The van der Waals surface area contributed by atoms with Crippen LogP contribution in [0, 0.1) is 0 Å². The molecule has 102 valence electrons. The largest absolute Gasteiger partial charge is 0.574 e. The number of hydrogen-bond acceptors (Lipinski definition) is 3. The first-order valence-corrected chi connectivity index (χ1v) is 4.99. The highest BCUT2D eigenvalue weighted by atomic mass is 35.5. The van der Waals surface area contributed by atoms with Gasteiger partial charge in [-0.3, -0.25) is 0 Å². The van der Waals surface area contributed by atoms with Crippen molar-refractivity contribution in [1.82, 2.24) is 4.98 Å². The smallest absolute Gasteiger partial charge is 0.491 e. The Morgan fingerprint density at radius 1 is 1.39 bits per heavy atom. The summed E-state index contributed by atoms with van der Waals surface area (Å²) in [5.41, 5.74) is -0.997. The van der Waals surface area contributed by atoms with E-state index in [0.717, 1.165) is 13.2 Å². The molecule has 0 saturated carbocycles. The normalized spacial score (nSPS) is 11.8. The molecule has 0 unspecified atom stereocenters. The molecular weight excluding hydrogens is 285 g/mol. The van der Waals surface area contributed by atoms with Gasteiger partial charge < -0.3 is 9.47 Å². The molecular formula is C9H7ClF5NO2. The van der Waals surface area contributed by atoms with E-state index in [1.165, 1.54) is 0 Å². The second-order valence-electron chi connectivity index (χ2n) is 3.02. The van der Waals surface area contributed by atoms with E-state index < -0.39 is 30.1 Å². The third-order valence-corrected chi connectivity index (χ3v) is 2.14. The number of pyridine rings is 1. The molecule has 0 saturated heterocycles. The Balaban J connectivity index is 3.27. The van der Waals surface area contributed by atoms with Crippen molar-refractivity contribution in [3.05, 3.63) is 17.3 Å². The summed E-state index contributed by atoms with van der Waals surface area (Å²) in [5.74, 6) is -1.84. The van der Waals surface area contributed by atoms with Crippen molar-refractivity contribution in [2.75, 3.05) is 7.11 Å². The van der Waals surface area contributed by atoms with E-state index in [1.807, 2.05) is 0 Å². The number of aromatic nitrogens is 1. The monoisotopic (exact) mass is 291 g/mol. The van der Waals surface area contributed by atoms with E-state index in [1.54, 1.807) is 0 Å². The molecule has 1 heterocycles. The van der Waals surface area contributed by atoms with Crippen molar-refractivity contribution in [3.63, 3.8) is 0 Å². The van der Waals surface area contributed by atoms with E-state index in [-0.39, 0.29) is 11.4 Å². The van der Waals surface area contributed by atoms with Crippen LogP contribution in [0.15, 0.2) is 6.07 Å². The molecule has 0 aromatic carbocycles. The molecule has 0 radical (unpaired) electrons. The van der Waals surface area contributed by atoms with Gasteiger partial charge in [0.25, 0.3) is 12.3 Å². The van der Waals surface area contributed by atoms with Crippen molar-refractivity contribution in [3.8, 4) is 11.6 Å². The van der Waals surface area contributed by atoms with Gasteiger partial charge in [-0.05, 0) is 11.6 Å². The second kappa shape index (κ2) is 5.55. The standard InChI is InChI=1S/C9H7ClF5NO2/c1-17-5-2-4(3-10)6(7(11)12)16-8(5)18-9(13,14)15/h2,7H,3H2,1H3. The van der Waals surface area contributed by atoms with Crippen LogP contribution in [-0.4, -0.2) is 18.5 Å². The van der Waals surface area contributed by atoms with Gasteiger partial charge in [-0.2, -0.15) is 0 Å². The Hall–Kier alpha value is -1.31. The average molecular weight is 292 g/mol. The van der Waals surface area contributed by atoms with Crippen LogP contribution in [0.2, 0.25) is 0 Å². The molecule has 0 aliphatic heterocycles. The lowest BCUT2D eigenvalue weighted by atomic mass is 10.2. The molecule has 1 rings (SSSR count). The van der Waals surface area contributed by atoms with Crippen LogP contribution < -0.4 is 9.47 Å². The molecule has 0 fully saturated rings. The fourth-order valence-electron chi connectivity index (χ4n) is 1.16. The van der Waals surface area contributed by atoms with E-state index in [4.69, 9.17) is 11.6 Å². The Morgan fingerprint density at radius 3 is 2.39 bits per heavy atom. The maximum absolute atomic E-state index is 12.6. The second-order valence-corrected chi connectivity index (χ2v) is 3.29. The Morgan fingerprint density at radius 2 is 2.00 bits per heavy atom. The van der Waals surface area contributed by atoms with E-state index in [9.17, 15) is 22.0 Å². The molecule has 0 amide bonds. The molecule has 0 spiro atoms. The zero-order chi connectivity index (χ0) is 13.9. The molecule has 3 nitrogen and oxygen atoms in total. The van der Waals surface area contributed by atoms with Gasteiger partial charge in [-0.25, -0.2) is 13.8 Å². The maximum Gasteiger partial charge on any atom is 0.574 e. The zero-order valence-electron chi connectivity index (χ0n) is 8.89. The van der Waals surface area contributed by atoms with E-state index in [2.05, 4.69) is 14.5 Å². The molecule has 0 aliphatic rings. The predicted molar refractivity (Wildman–Crippen MR) is 52.0 cm³/mol. The molecule has 0 atom stereocenters. The van der Waals surface area contributed by atoms with Crippen molar-refractivity contribution in [1.29, 1.82) is 0 Å². The first-order valence-electron chi connectivity index (χ1n) is 4.46. The Labute approximate surface area is 103 Å². The summed E-state index contributed by atoms with van der Waals surface area (Å²) in [6, 6.07) is 0.933. The Kier molecular flexibility index (Phi) is 4.55. The van der Waals surface area contributed by atoms with Crippen LogP contribution in [0.1, 0.15) is 17.7 Å². The minimum Gasteiger partial charge on any atom is -0.491 e. The lowest BCUT2D eigenvalue weighted by molar-refractivity contribution is -0.276. The summed E-state index contributed by atoms with van der Waals surface area (Å²) in [7, 11) is 1.06. The number of alkyl halides is 6. The van der Waals surface area contributed by atoms with Gasteiger partial charge in [0.1, 0.15) is 5.69 Å². The topological polar surface area (TPSA) is 31.4 Å². The van der Waals surface area contributed by atoms with Crippen LogP contribution >= 0.6 is 11.6 Å². The van der Waals surface area contributed by atoms with Crippen LogP contribution in [-0.2, 0) is 5.88 Å². The molecule has 1 aromatic heterocycles. The highest BCUT2D eigenvalue weighted by molar-refractivity contribution is 6.17. The van der Waals surface area contributed by atoms with Gasteiger partial charge in [-0.1, -0.05) is 0 Å². The van der Waals surface area contributed by atoms with Gasteiger partial charge in [0.2, 0.25) is 0 Å². The van der Waals surface area contributed by atoms with Crippen LogP contribution in [0.25, 0.3) is 0 Å². The van der Waals surface area contributed by atoms with Gasteiger partial charge in [0, 0.05) is 5.88 Å². The molecule has 0 aliphatic carbocycles. The third-order valence-electron chi connectivity index (χ3n) is 1.85. The number of rotatable bonds is 4. The molecule has 0 bridgehead atoms. The SMILES string of the molecule is COc1cc(CCl)c(C(F)F)nc1OC(F)(F)F. The highest BCUT2D eigenvalue weighted by Gasteiger charge is 2.34. The number of ether oxygens (including phenoxy) is 2. The molecule has 0 N–H and O–H groups in total. The minimum absolute atomic E-state index is 0.127. The lowest BCUT2D eigenvalue weighted by Gasteiger charge is -2.14. The van der Waals surface area contributed by atoms with E-state index >= 15 is 0 Å². The fourth-order valence-corrected chi connectivity index (χ4v) is 1.37. The van der Waals surface area contributed by atoms with Crippen molar-refractivity contribution in [2.45, 2.75) is 18.7 Å². The van der Waals surface area contributed by atoms with Gasteiger partial charge in [0.15, 0.2) is 5.75 Å². The Bertz CT molecular complexity index is 424. The summed E-state index contributed by atoms with van der Waals surface area (Å²) in [6.45, 7) is 0. The summed E-state index contributed by atoms with van der Waals surface area (Å²) < 4.78 is 69.3. The summed E-state index contributed by atoms with van der Waals surface area (Å²) in [5, 5.41) is 0. The van der Waals surface area contributed by atoms with Crippen LogP contribution in [0.5, 0.6) is 11.6 Å². The quantitative estimate of drug-likeness (QED) is 0.626. The molecule has 9 heteroatoms. The number of methoxy groups -OCH3 is 1. The van der Waals surface area contributed by atoms with Gasteiger partial charge in [-0.15, -0.1) is 24.8 Å². The highest BCUT2D eigenvalue weighted by Crippen LogP contribution is 2.35. The van der Waals surface area contributed by atoms with Gasteiger partial charge >= 0.3 is 6.36 Å². The number of hydrogen-bond donors (Lipinski definition) is 0. The average Bonchev–Trinajstić information content (AvgIpc) is 2.26. The predicted octanol–water partition coefficient (Wildman–Crippen LogP) is 3.67. The maximum atomic E-state index is 12.6. The number of halogens is 6. The summed E-state index contributed by atoms with van der Waals surface area (Å²) in [6.07, 6.45) is -8.12. The van der Waals surface area contributed by atoms with Crippen molar-refractivity contribution < 1.29 is 31.4 Å².